The first-order chi connectivity index (χ1) is 10.1. The largest absolute Gasteiger partial charge is 0.389 e. The van der Waals surface area contributed by atoms with Gasteiger partial charge in [0.1, 0.15) is 11.5 Å². The summed E-state index contributed by atoms with van der Waals surface area (Å²) in [6, 6.07) is 14.5. The number of rotatable bonds is 3. The Balaban J connectivity index is 1.97. The Kier molecular flexibility index (Phi) is 3.54. The Morgan fingerprint density at radius 1 is 1.10 bits per heavy atom. The zero-order chi connectivity index (χ0) is 14.8. The molecule has 0 fully saturated rings. The second kappa shape index (κ2) is 5.50. The van der Waals surface area contributed by atoms with Gasteiger partial charge in [-0.25, -0.2) is 9.07 Å². The normalized spacial score (nSPS) is 12.3. The highest BCUT2D eigenvalue weighted by Crippen LogP contribution is 2.22. The standard InChI is InChI=1S/C17H15FN2O/c1-12(21)14-7-8-17(16(18)9-14)20-11-15(10-19-20)13-5-3-2-4-6-13/h2-12,21H,1H3/t12-/m0/s1. The molecule has 0 unspecified atom stereocenters. The van der Waals surface area contributed by atoms with Crippen LogP contribution >= 0.6 is 0 Å². The van der Waals surface area contributed by atoms with Crippen LogP contribution in [0.15, 0.2) is 60.9 Å². The Bertz CT molecular complexity index is 750. The molecular formula is C17H15FN2O. The molecule has 3 aromatic rings. The lowest BCUT2D eigenvalue weighted by Gasteiger charge is -2.08. The Morgan fingerprint density at radius 3 is 2.52 bits per heavy atom. The highest BCUT2D eigenvalue weighted by molar-refractivity contribution is 5.62. The van der Waals surface area contributed by atoms with Crippen LogP contribution in [0.2, 0.25) is 0 Å². The second-order valence-electron chi connectivity index (χ2n) is 4.93. The predicted octanol–water partition coefficient (Wildman–Crippen LogP) is 3.73. The number of aliphatic hydroxyl groups is 1. The molecule has 0 spiro atoms. The smallest absolute Gasteiger partial charge is 0.149 e. The topological polar surface area (TPSA) is 38.0 Å². The fraction of sp³-hybridized carbons (Fsp3) is 0.118. The third-order valence-electron chi connectivity index (χ3n) is 3.39. The van der Waals surface area contributed by atoms with Gasteiger partial charge in [0.25, 0.3) is 0 Å². The molecule has 0 saturated carbocycles. The van der Waals surface area contributed by atoms with Crippen molar-refractivity contribution in [2.24, 2.45) is 0 Å². The summed E-state index contributed by atoms with van der Waals surface area (Å²) in [7, 11) is 0. The van der Waals surface area contributed by atoms with E-state index in [9.17, 15) is 9.50 Å². The Labute approximate surface area is 122 Å². The molecule has 0 saturated heterocycles. The van der Waals surface area contributed by atoms with Gasteiger partial charge in [-0.2, -0.15) is 5.10 Å². The van der Waals surface area contributed by atoms with Gasteiger partial charge in [0.2, 0.25) is 0 Å². The van der Waals surface area contributed by atoms with E-state index in [4.69, 9.17) is 0 Å². The summed E-state index contributed by atoms with van der Waals surface area (Å²) in [6.45, 7) is 1.61. The van der Waals surface area contributed by atoms with Gasteiger partial charge in [-0.15, -0.1) is 0 Å². The van der Waals surface area contributed by atoms with Crippen LogP contribution in [0.25, 0.3) is 16.8 Å². The van der Waals surface area contributed by atoms with Crippen molar-refractivity contribution in [2.75, 3.05) is 0 Å². The molecule has 4 heteroatoms. The van der Waals surface area contributed by atoms with E-state index in [2.05, 4.69) is 5.10 Å². The van der Waals surface area contributed by atoms with E-state index < -0.39 is 11.9 Å². The molecule has 21 heavy (non-hydrogen) atoms. The average Bonchev–Trinajstić information content (AvgIpc) is 2.97. The maximum absolute atomic E-state index is 14.1. The molecule has 3 rings (SSSR count). The highest BCUT2D eigenvalue weighted by Gasteiger charge is 2.10. The number of hydrogen-bond donors (Lipinski definition) is 1. The zero-order valence-corrected chi connectivity index (χ0v) is 11.6. The lowest BCUT2D eigenvalue weighted by Crippen LogP contribution is -2.00. The number of halogens is 1. The van der Waals surface area contributed by atoms with Crippen LogP contribution < -0.4 is 0 Å². The molecule has 0 aliphatic carbocycles. The number of nitrogens with zero attached hydrogens (tertiary/aromatic N) is 2. The molecule has 0 amide bonds. The minimum atomic E-state index is -0.689. The van der Waals surface area contributed by atoms with Crippen LogP contribution in [0.4, 0.5) is 4.39 Å². The molecule has 1 aromatic heterocycles. The number of benzene rings is 2. The first-order valence-electron chi connectivity index (χ1n) is 6.73. The van der Waals surface area contributed by atoms with Gasteiger partial charge in [-0.3, -0.25) is 0 Å². The summed E-state index contributed by atoms with van der Waals surface area (Å²) in [5, 5.41) is 13.7. The minimum Gasteiger partial charge on any atom is -0.389 e. The fourth-order valence-corrected chi connectivity index (χ4v) is 2.20. The summed E-state index contributed by atoms with van der Waals surface area (Å²) >= 11 is 0. The van der Waals surface area contributed by atoms with Gasteiger partial charge in [0.05, 0.1) is 12.3 Å². The summed E-state index contributed by atoms with van der Waals surface area (Å²) in [6.07, 6.45) is 2.80. The molecule has 0 aliphatic heterocycles. The van der Waals surface area contributed by atoms with Crippen molar-refractivity contribution < 1.29 is 9.50 Å². The first kappa shape index (κ1) is 13.5. The molecule has 3 nitrogen and oxygen atoms in total. The van der Waals surface area contributed by atoms with Crippen molar-refractivity contribution >= 4 is 0 Å². The molecular weight excluding hydrogens is 267 g/mol. The van der Waals surface area contributed by atoms with E-state index in [0.717, 1.165) is 11.1 Å². The highest BCUT2D eigenvalue weighted by atomic mass is 19.1. The van der Waals surface area contributed by atoms with Gasteiger partial charge >= 0.3 is 0 Å². The molecule has 0 bridgehead atoms. The average molecular weight is 282 g/mol. The Hall–Kier alpha value is -2.46. The number of hydrogen-bond acceptors (Lipinski definition) is 2. The quantitative estimate of drug-likeness (QED) is 0.795. The monoisotopic (exact) mass is 282 g/mol. The maximum atomic E-state index is 14.1. The molecule has 0 radical (unpaired) electrons. The Morgan fingerprint density at radius 2 is 1.86 bits per heavy atom. The molecule has 2 aromatic carbocycles. The molecule has 1 N–H and O–H groups in total. The first-order valence-corrected chi connectivity index (χ1v) is 6.73. The maximum Gasteiger partial charge on any atom is 0.149 e. The molecule has 1 atom stereocenters. The van der Waals surface area contributed by atoms with E-state index in [-0.39, 0.29) is 0 Å². The van der Waals surface area contributed by atoms with Gasteiger partial charge in [-0.05, 0) is 30.2 Å². The van der Waals surface area contributed by atoms with Gasteiger partial charge in [0, 0.05) is 11.8 Å². The molecule has 0 aliphatic rings. The van der Waals surface area contributed by atoms with E-state index in [1.165, 1.54) is 10.7 Å². The van der Waals surface area contributed by atoms with Gasteiger partial charge < -0.3 is 5.11 Å². The summed E-state index contributed by atoms with van der Waals surface area (Å²) in [4.78, 5) is 0. The van der Waals surface area contributed by atoms with Crippen molar-refractivity contribution in [1.29, 1.82) is 0 Å². The lowest BCUT2D eigenvalue weighted by atomic mass is 10.1. The predicted molar refractivity (Wildman–Crippen MR) is 79.6 cm³/mol. The van der Waals surface area contributed by atoms with E-state index in [1.54, 1.807) is 31.5 Å². The van der Waals surface area contributed by atoms with E-state index in [1.807, 2.05) is 30.3 Å². The van der Waals surface area contributed by atoms with E-state index in [0.29, 0.717) is 11.3 Å². The number of aliphatic hydroxyl groups excluding tert-OH is 1. The van der Waals surface area contributed by atoms with Crippen molar-refractivity contribution in [2.45, 2.75) is 13.0 Å². The minimum absolute atomic E-state index is 0.363. The fourth-order valence-electron chi connectivity index (χ4n) is 2.20. The molecule has 1 heterocycles. The van der Waals surface area contributed by atoms with Crippen molar-refractivity contribution in [3.63, 3.8) is 0 Å². The number of aromatic nitrogens is 2. The summed E-state index contributed by atoms with van der Waals surface area (Å²) < 4.78 is 15.6. The summed E-state index contributed by atoms with van der Waals surface area (Å²) in [5.41, 5.74) is 2.87. The van der Waals surface area contributed by atoms with Crippen LogP contribution in [-0.2, 0) is 0 Å². The zero-order valence-electron chi connectivity index (χ0n) is 11.6. The van der Waals surface area contributed by atoms with Crippen LogP contribution in [0.1, 0.15) is 18.6 Å². The van der Waals surface area contributed by atoms with Crippen molar-refractivity contribution in [3.05, 3.63) is 72.3 Å². The van der Waals surface area contributed by atoms with Gasteiger partial charge in [-0.1, -0.05) is 36.4 Å². The van der Waals surface area contributed by atoms with Crippen molar-refractivity contribution in [1.82, 2.24) is 9.78 Å². The van der Waals surface area contributed by atoms with Crippen molar-refractivity contribution in [3.8, 4) is 16.8 Å². The van der Waals surface area contributed by atoms with Crippen LogP contribution in [0, 0.1) is 5.82 Å². The van der Waals surface area contributed by atoms with Gasteiger partial charge in [0.15, 0.2) is 0 Å². The third-order valence-corrected chi connectivity index (χ3v) is 3.39. The lowest BCUT2D eigenvalue weighted by molar-refractivity contribution is 0.199. The summed E-state index contributed by atoms with van der Waals surface area (Å²) in [5.74, 6) is -0.406. The molecule has 106 valence electrons. The van der Waals surface area contributed by atoms with Crippen LogP contribution in [-0.4, -0.2) is 14.9 Å². The second-order valence-corrected chi connectivity index (χ2v) is 4.93. The van der Waals surface area contributed by atoms with E-state index >= 15 is 0 Å². The SMILES string of the molecule is C[C@H](O)c1ccc(-n2cc(-c3ccccc3)cn2)c(F)c1. The third kappa shape index (κ3) is 2.71. The van der Waals surface area contributed by atoms with Crippen LogP contribution in [0.5, 0.6) is 0 Å². The van der Waals surface area contributed by atoms with Crippen LogP contribution in [0.3, 0.4) is 0 Å².